The molecule has 0 amide bonds. The SMILES string of the molecule is Cc1cc2nc([C@H](NS(=O)(=O)c3cnn(C)c3C)C(C)C)cc(=O)n2[nH]1. The summed E-state index contributed by atoms with van der Waals surface area (Å²) in [6.45, 7) is 7.25. The number of fused-ring (bicyclic) bond motifs is 1. The summed E-state index contributed by atoms with van der Waals surface area (Å²) in [6.07, 6.45) is 1.32. The van der Waals surface area contributed by atoms with Crippen molar-refractivity contribution in [2.24, 2.45) is 13.0 Å². The van der Waals surface area contributed by atoms with Gasteiger partial charge in [-0.05, 0) is 19.8 Å². The molecular formula is C16H22N6O3S. The number of hydrogen-bond donors (Lipinski definition) is 2. The lowest BCUT2D eigenvalue weighted by Crippen LogP contribution is -2.33. The van der Waals surface area contributed by atoms with Crippen LogP contribution in [0.2, 0.25) is 0 Å². The zero-order chi connectivity index (χ0) is 19.2. The lowest BCUT2D eigenvalue weighted by atomic mass is 10.0. The van der Waals surface area contributed by atoms with E-state index in [0.29, 0.717) is 17.0 Å². The minimum atomic E-state index is -3.81. The molecule has 0 aliphatic heterocycles. The van der Waals surface area contributed by atoms with E-state index < -0.39 is 16.1 Å². The predicted molar refractivity (Wildman–Crippen MR) is 96.4 cm³/mol. The van der Waals surface area contributed by atoms with Gasteiger partial charge in [0.15, 0.2) is 5.65 Å². The maximum absolute atomic E-state index is 12.8. The average Bonchev–Trinajstić information content (AvgIpc) is 3.08. The number of nitrogens with zero attached hydrogens (tertiary/aromatic N) is 4. The molecule has 140 valence electrons. The molecule has 0 saturated carbocycles. The van der Waals surface area contributed by atoms with Crippen molar-refractivity contribution in [1.82, 2.24) is 29.1 Å². The smallest absolute Gasteiger partial charge is 0.272 e. The third-order valence-electron chi connectivity index (χ3n) is 4.35. The molecule has 3 rings (SSSR count). The van der Waals surface area contributed by atoms with Crippen molar-refractivity contribution in [3.8, 4) is 0 Å². The average molecular weight is 378 g/mol. The van der Waals surface area contributed by atoms with Gasteiger partial charge >= 0.3 is 0 Å². The summed E-state index contributed by atoms with van der Waals surface area (Å²) in [6, 6.07) is 2.45. The van der Waals surface area contributed by atoms with Crippen LogP contribution in [0.15, 0.2) is 28.0 Å². The third-order valence-corrected chi connectivity index (χ3v) is 5.89. The molecule has 0 aromatic carbocycles. The summed E-state index contributed by atoms with van der Waals surface area (Å²) >= 11 is 0. The molecule has 26 heavy (non-hydrogen) atoms. The van der Waals surface area contributed by atoms with Crippen LogP contribution in [-0.2, 0) is 17.1 Å². The summed E-state index contributed by atoms with van der Waals surface area (Å²) in [7, 11) is -2.13. The first-order chi connectivity index (χ1) is 12.1. The van der Waals surface area contributed by atoms with Crippen LogP contribution in [0.3, 0.4) is 0 Å². The summed E-state index contributed by atoms with van der Waals surface area (Å²) in [5.74, 6) is -0.115. The molecule has 3 aromatic heterocycles. The standard InChI is InChI=1S/C16H22N6O3S/c1-9(2)16(20-26(24,25)13-8-17-21(5)11(13)4)12-7-15(23)22-14(18-12)6-10(3)19-22/h6-9,16,19-20H,1-5H3/t16-/m1/s1. The molecule has 9 nitrogen and oxygen atoms in total. The summed E-state index contributed by atoms with van der Waals surface area (Å²) in [4.78, 5) is 16.9. The Bertz CT molecular complexity index is 1120. The van der Waals surface area contributed by atoms with Gasteiger partial charge in [0.2, 0.25) is 10.0 Å². The lowest BCUT2D eigenvalue weighted by molar-refractivity contribution is 0.453. The van der Waals surface area contributed by atoms with Crippen molar-refractivity contribution < 1.29 is 8.42 Å². The molecule has 0 fully saturated rings. The summed E-state index contributed by atoms with van der Waals surface area (Å²) in [5, 5.41) is 6.89. The fourth-order valence-corrected chi connectivity index (χ4v) is 4.36. The van der Waals surface area contributed by atoms with Gasteiger partial charge in [0.05, 0.1) is 23.6 Å². The third kappa shape index (κ3) is 3.17. The number of hydrogen-bond acceptors (Lipinski definition) is 5. The number of aromatic nitrogens is 5. The Morgan fingerprint density at radius 2 is 1.92 bits per heavy atom. The Morgan fingerprint density at radius 1 is 1.23 bits per heavy atom. The molecule has 0 unspecified atom stereocenters. The molecule has 3 heterocycles. The lowest BCUT2D eigenvalue weighted by Gasteiger charge is -2.21. The van der Waals surface area contributed by atoms with Gasteiger partial charge in [-0.25, -0.2) is 22.6 Å². The molecule has 2 N–H and O–H groups in total. The van der Waals surface area contributed by atoms with Crippen LogP contribution in [0.25, 0.3) is 5.65 Å². The first-order valence-corrected chi connectivity index (χ1v) is 9.68. The maximum Gasteiger partial charge on any atom is 0.272 e. The van der Waals surface area contributed by atoms with E-state index in [0.717, 1.165) is 5.69 Å². The molecule has 1 atom stereocenters. The maximum atomic E-state index is 12.8. The molecule has 0 aliphatic carbocycles. The Kier molecular flexibility index (Phi) is 4.49. The van der Waals surface area contributed by atoms with Crippen LogP contribution < -0.4 is 10.3 Å². The fourth-order valence-electron chi connectivity index (χ4n) is 2.80. The van der Waals surface area contributed by atoms with Crippen molar-refractivity contribution in [3.05, 3.63) is 45.8 Å². The van der Waals surface area contributed by atoms with E-state index in [4.69, 9.17) is 0 Å². The van der Waals surface area contributed by atoms with Crippen molar-refractivity contribution in [3.63, 3.8) is 0 Å². The van der Waals surface area contributed by atoms with Gasteiger partial charge in [-0.2, -0.15) is 5.10 Å². The predicted octanol–water partition coefficient (Wildman–Crippen LogP) is 1.05. The van der Waals surface area contributed by atoms with Gasteiger partial charge in [0, 0.05) is 24.9 Å². The normalized spacial score (nSPS) is 13.6. The molecular weight excluding hydrogens is 356 g/mol. The summed E-state index contributed by atoms with van der Waals surface area (Å²) < 4.78 is 31.2. The number of H-pyrrole nitrogens is 1. The second-order valence-electron chi connectivity index (χ2n) is 6.71. The zero-order valence-electron chi connectivity index (χ0n) is 15.3. The Morgan fingerprint density at radius 3 is 2.50 bits per heavy atom. The molecule has 0 radical (unpaired) electrons. The Hall–Kier alpha value is -2.46. The van der Waals surface area contributed by atoms with Crippen LogP contribution in [0.4, 0.5) is 0 Å². The van der Waals surface area contributed by atoms with Crippen LogP contribution in [0.5, 0.6) is 0 Å². The van der Waals surface area contributed by atoms with E-state index in [1.807, 2.05) is 20.8 Å². The number of nitrogens with one attached hydrogen (secondary N) is 2. The van der Waals surface area contributed by atoms with Crippen LogP contribution >= 0.6 is 0 Å². The van der Waals surface area contributed by atoms with Crippen molar-refractivity contribution >= 4 is 15.7 Å². The second-order valence-corrected chi connectivity index (χ2v) is 8.40. The Balaban J connectivity index is 2.05. The number of aromatic amines is 1. The van der Waals surface area contributed by atoms with Gasteiger partial charge in [0.25, 0.3) is 5.56 Å². The van der Waals surface area contributed by atoms with Gasteiger partial charge in [-0.15, -0.1) is 0 Å². The minimum Gasteiger partial charge on any atom is -0.294 e. The van der Waals surface area contributed by atoms with Gasteiger partial charge in [0.1, 0.15) is 4.90 Å². The van der Waals surface area contributed by atoms with E-state index in [-0.39, 0.29) is 16.4 Å². The van der Waals surface area contributed by atoms with Gasteiger partial charge in [-0.3, -0.25) is 14.6 Å². The van der Waals surface area contributed by atoms with Crippen LogP contribution in [0.1, 0.15) is 37.0 Å². The van der Waals surface area contributed by atoms with E-state index >= 15 is 0 Å². The van der Waals surface area contributed by atoms with E-state index in [1.165, 1.54) is 21.5 Å². The highest BCUT2D eigenvalue weighted by atomic mass is 32.2. The molecule has 3 aromatic rings. The van der Waals surface area contributed by atoms with Crippen LogP contribution in [-0.4, -0.2) is 32.8 Å². The largest absolute Gasteiger partial charge is 0.294 e. The zero-order valence-corrected chi connectivity index (χ0v) is 16.1. The number of sulfonamides is 1. The minimum absolute atomic E-state index is 0.112. The molecule has 0 bridgehead atoms. The van der Waals surface area contributed by atoms with E-state index in [9.17, 15) is 13.2 Å². The number of aryl methyl sites for hydroxylation is 2. The fraction of sp³-hybridized carbons (Fsp3) is 0.438. The highest BCUT2D eigenvalue weighted by Gasteiger charge is 2.28. The molecule has 0 saturated heterocycles. The first kappa shape index (κ1) is 18.3. The molecule has 0 aliphatic rings. The van der Waals surface area contributed by atoms with Crippen molar-refractivity contribution in [1.29, 1.82) is 0 Å². The van der Waals surface area contributed by atoms with Crippen LogP contribution in [0, 0.1) is 19.8 Å². The number of rotatable bonds is 5. The van der Waals surface area contributed by atoms with E-state index in [2.05, 4.69) is 19.9 Å². The first-order valence-electron chi connectivity index (χ1n) is 8.20. The van der Waals surface area contributed by atoms with Gasteiger partial charge in [-0.1, -0.05) is 13.8 Å². The van der Waals surface area contributed by atoms with Gasteiger partial charge < -0.3 is 0 Å². The van der Waals surface area contributed by atoms with E-state index in [1.54, 1.807) is 20.0 Å². The quantitative estimate of drug-likeness (QED) is 0.689. The molecule has 0 spiro atoms. The van der Waals surface area contributed by atoms with Crippen molar-refractivity contribution in [2.45, 2.75) is 38.6 Å². The van der Waals surface area contributed by atoms with Crippen molar-refractivity contribution in [2.75, 3.05) is 0 Å². The topological polar surface area (TPSA) is 114 Å². The Labute approximate surface area is 151 Å². The monoisotopic (exact) mass is 378 g/mol. The highest BCUT2D eigenvalue weighted by molar-refractivity contribution is 7.89. The summed E-state index contributed by atoms with van der Waals surface area (Å²) in [5.41, 5.74) is 1.87. The highest BCUT2D eigenvalue weighted by Crippen LogP contribution is 2.23. The second kappa shape index (κ2) is 6.36. The molecule has 10 heteroatoms.